The molecule has 3 rings (SSSR count). The molecule has 0 unspecified atom stereocenters. The fourth-order valence-corrected chi connectivity index (χ4v) is 1.90. The van der Waals surface area contributed by atoms with Gasteiger partial charge in [0.2, 0.25) is 0 Å². The zero-order valence-corrected chi connectivity index (χ0v) is 9.61. The maximum Gasteiger partial charge on any atom is 0.180 e. The van der Waals surface area contributed by atoms with E-state index in [0.717, 1.165) is 28.4 Å². The summed E-state index contributed by atoms with van der Waals surface area (Å²) in [6.07, 6.45) is 0. The lowest BCUT2D eigenvalue weighted by atomic mass is 10.2. The SMILES string of the molecule is Cc1cc(-c2nc3nc(N)ccc3[nH]2)c(C)o1. The summed E-state index contributed by atoms with van der Waals surface area (Å²) in [4.78, 5) is 11.8. The minimum Gasteiger partial charge on any atom is -0.466 e. The second kappa shape index (κ2) is 3.35. The van der Waals surface area contributed by atoms with E-state index in [9.17, 15) is 0 Å². The van der Waals surface area contributed by atoms with Gasteiger partial charge >= 0.3 is 0 Å². The summed E-state index contributed by atoms with van der Waals surface area (Å²) in [6.45, 7) is 3.83. The molecule has 3 aromatic rings. The molecule has 0 bridgehead atoms. The zero-order valence-electron chi connectivity index (χ0n) is 9.61. The minimum absolute atomic E-state index is 0.468. The van der Waals surface area contributed by atoms with Crippen LogP contribution in [0.1, 0.15) is 11.5 Å². The Bertz CT molecular complexity index is 696. The van der Waals surface area contributed by atoms with Crippen molar-refractivity contribution >= 4 is 17.0 Å². The third-order valence-corrected chi connectivity index (χ3v) is 2.66. The van der Waals surface area contributed by atoms with Crippen molar-refractivity contribution < 1.29 is 4.42 Å². The van der Waals surface area contributed by atoms with E-state index in [-0.39, 0.29) is 0 Å². The third kappa shape index (κ3) is 1.56. The number of aromatic nitrogens is 3. The van der Waals surface area contributed by atoms with E-state index in [4.69, 9.17) is 10.2 Å². The van der Waals surface area contributed by atoms with Crippen LogP contribution >= 0.6 is 0 Å². The van der Waals surface area contributed by atoms with E-state index in [1.54, 1.807) is 6.07 Å². The molecule has 0 spiro atoms. The van der Waals surface area contributed by atoms with E-state index in [1.807, 2.05) is 26.0 Å². The van der Waals surface area contributed by atoms with Gasteiger partial charge in [0, 0.05) is 0 Å². The number of fused-ring (bicyclic) bond motifs is 1. The highest BCUT2D eigenvalue weighted by Gasteiger charge is 2.12. The van der Waals surface area contributed by atoms with Gasteiger partial charge in [-0.2, -0.15) is 0 Å². The molecule has 17 heavy (non-hydrogen) atoms. The fraction of sp³-hybridized carbons (Fsp3) is 0.167. The number of imidazole rings is 1. The van der Waals surface area contributed by atoms with Crippen molar-refractivity contribution in [1.29, 1.82) is 0 Å². The maximum atomic E-state index is 5.62. The number of hydrogen-bond acceptors (Lipinski definition) is 4. The Morgan fingerprint density at radius 1 is 1.24 bits per heavy atom. The van der Waals surface area contributed by atoms with E-state index in [2.05, 4.69) is 15.0 Å². The van der Waals surface area contributed by atoms with Crippen LogP contribution < -0.4 is 5.73 Å². The van der Waals surface area contributed by atoms with Gasteiger partial charge in [-0.1, -0.05) is 0 Å². The summed E-state index contributed by atoms with van der Waals surface area (Å²) in [5.74, 6) is 2.93. The first-order valence-electron chi connectivity index (χ1n) is 5.33. The summed E-state index contributed by atoms with van der Waals surface area (Å²) in [6, 6.07) is 5.57. The molecule has 3 N–H and O–H groups in total. The molecule has 0 saturated heterocycles. The summed E-state index contributed by atoms with van der Waals surface area (Å²) in [5, 5.41) is 0. The highest BCUT2D eigenvalue weighted by molar-refractivity contribution is 5.77. The van der Waals surface area contributed by atoms with Crippen molar-refractivity contribution in [2.45, 2.75) is 13.8 Å². The quantitative estimate of drug-likeness (QED) is 0.670. The van der Waals surface area contributed by atoms with Gasteiger partial charge in [-0.25, -0.2) is 9.97 Å². The predicted octanol–water partition coefficient (Wildman–Crippen LogP) is 2.42. The number of aryl methyl sites for hydroxylation is 2. The minimum atomic E-state index is 0.468. The normalized spacial score (nSPS) is 11.2. The molecule has 5 nitrogen and oxygen atoms in total. The molecule has 0 radical (unpaired) electrons. The van der Waals surface area contributed by atoms with Gasteiger partial charge in [-0.3, -0.25) is 0 Å². The van der Waals surface area contributed by atoms with Gasteiger partial charge in [0.05, 0.1) is 11.1 Å². The first kappa shape index (κ1) is 9.89. The Kier molecular flexibility index (Phi) is 1.95. The van der Waals surface area contributed by atoms with E-state index in [1.165, 1.54) is 0 Å². The predicted molar refractivity (Wildman–Crippen MR) is 65.5 cm³/mol. The molecule has 0 atom stereocenters. The Morgan fingerprint density at radius 3 is 2.76 bits per heavy atom. The molecular formula is C12H12N4O. The van der Waals surface area contributed by atoms with E-state index in [0.29, 0.717) is 11.5 Å². The number of nitrogens with one attached hydrogen (secondary N) is 1. The van der Waals surface area contributed by atoms with Gasteiger partial charge in [-0.15, -0.1) is 0 Å². The molecule has 0 fully saturated rings. The van der Waals surface area contributed by atoms with Gasteiger partial charge in [0.1, 0.15) is 23.2 Å². The van der Waals surface area contributed by atoms with E-state index >= 15 is 0 Å². The molecule has 86 valence electrons. The molecule has 0 saturated carbocycles. The smallest absolute Gasteiger partial charge is 0.180 e. The standard InChI is InChI=1S/C12H12N4O/c1-6-5-8(7(2)17-6)11-14-9-3-4-10(13)15-12(9)16-11/h3-5H,1-2H3,(H3,13,14,15,16). The lowest BCUT2D eigenvalue weighted by molar-refractivity contribution is 0.505. The first-order chi connectivity index (χ1) is 8.13. The average molecular weight is 228 g/mol. The first-order valence-corrected chi connectivity index (χ1v) is 5.33. The summed E-state index contributed by atoms with van der Waals surface area (Å²) < 4.78 is 5.48. The van der Waals surface area contributed by atoms with Crippen LogP contribution in [-0.4, -0.2) is 15.0 Å². The average Bonchev–Trinajstić information content (AvgIpc) is 2.80. The van der Waals surface area contributed by atoms with Gasteiger partial charge in [0.15, 0.2) is 5.65 Å². The Balaban J connectivity index is 2.21. The molecular weight excluding hydrogens is 216 g/mol. The molecule has 0 amide bonds. The number of H-pyrrole nitrogens is 1. The van der Waals surface area contributed by atoms with Gasteiger partial charge < -0.3 is 15.1 Å². The van der Waals surface area contributed by atoms with Crippen LogP contribution in [0.15, 0.2) is 22.6 Å². The largest absolute Gasteiger partial charge is 0.466 e. The summed E-state index contributed by atoms with van der Waals surface area (Å²) in [7, 11) is 0. The Hall–Kier alpha value is -2.30. The maximum absolute atomic E-state index is 5.62. The molecule has 0 aliphatic rings. The summed E-state index contributed by atoms with van der Waals surface area (Å²) in [5.41, 5.74) is 8.07. The number of rotatable bonds is 1. The fourth-order valence-electron chi connectivity index (χ4n) is 1.90. The number of aromatic amines is 1. The number of pyridine rings is 1. The van der Waals surface area contributed by atoms with Gasteiger partial charge in [0.25, 0.3) is 0 Å². The van der Waals surface area contributed by atoms with Gasteiger partial charge in [-0.05, 0) is 32.0 Å². The third-order valence-electron chi connectivity index (χ3n) is 2.66. The lowest BCUT2D eigenvalue weighted by Gasteiger charge is -1.90. The van der Waals surface area contributed by atoms with Crippen LogP contribution in [0, 0.1) is 13.8 Å². The van der Waals surface area contributed by atoms with Crippen molar-refractivity contribution in [3.05, 3.63) is 29.7 Å². The number of nitrogen functional groups attached to an aromatic ring is 1. The van der Waals surface area contributed by atoms with Crippen molar-refractivity contribution in [1.82, 2.24) is 15.0 Å². The van der Waals surface area contributed by atoms with E-state index < -0.39 is 0 Å². The van der Waals surface area contributed by atoms with Crippen LogP contribution in [0.5, 0.6) is 0 Å². The number of hydrogen-bond donors (Lipinski definition) is 2. The monoisotopic (exact) mass is 228 g/mol. The van der Waals surface area contributed by atoms with Crippen LogP contribution in [0.2, 0.25) is 0 Å². The molecule has 5 heteroatoms. The van der Waals surface area contributed by atoms with Crippen LogP contribution in [0.3, 0.4) is 0 Å². The highest BCUT2D eigenvalue weighted by Crippen LogP contribution is 2.25. The Morgan fingerprint density at radius 2 is 2.06 bits per heavy atom. The molecule has 0 aromatic carbocycles. The van der Waals surface area contributed by atoms with Crippen LogP contribution in [0.25, 0.3) is 22.6 Å². The number of furan rings is 1. The van der Waals surface area contributed by atoms with Crippen molar-refractivity contribution in [3.63, 3.8) is 0 Å². The van der Waals surface area contributed by atoms with Crippen LogP contribution in [-0.2, 0) is 0 Å². The summed E-state index contributed by atoms with van der Waals surface area (Å²) >= 11 is 0. The zero-order chi connectivity index (χ0) is 12.0. The van der Waals surface area contributed by atoms with Crippen molar-refractivity contribution in [3.8, 4) is 11.4 Å². The second-order valence-electron chi connectivity index (χ2n) is 4.02. The number of anilines is 1. The van der Waals surface area contributed by atoms with Crippen LogP contribution in [0.4, 0.5) is 5.82 Å². The second-order valence-corrected chi connectivity index (χ2v) is 4.02. The highest BCUT2D eigenvalue weighted by atomic mass is 16.3. The number of nitrogens with two attached hydrogens (primary N) is 1. The van der Waals surface area contributed by atoms with Crippen molar-refractivity contribution in [2.24, 2.45) is 0 Å². The van der Waals surface area contributed by atoms with Crippen molar-refractivity contribution in [2.75, 3.05) is 5.73 Å². The molecule has 0 aliphatic carbocycles. The molecule has 3 heterocycles. The molecule has 0 aliphatic heterocycles. The lowest BCUT2D eigenvalue weighted by Crippen LogP contribution is -1.88. The molecule has 3 aromatic heterocycles. The Labute approximate surface area is 97.7 Å². The topological polar surface area (TPSA) is 80.7 Å². The number of nitrogens with zero attached hydrogens (tertiary/aromatic N) is 2.